The van der Waals surface area contributed by atoms with Gasteiger partial charge in [-0.15, -0.1) is 0 Å². The molecule has 2 rings (SSSR count). The van der Waals surface area contributed by atoms with Gasteiger partial charge in [-0.25, -0.2) is 4.79 Å². The number of benzene rings is 2. The second-order valence-electron chi connectivity index (χ2n) is 4.40. The van der Waals surface area contributed by atoms with E-state index in [9.17, 15) is 18.4 Å². The minimum absolute atomic E-state index is 0.0451. The first-order chi connectivity index (χ1) is 11.0. The molecule has 0 heterocycles. The highest BCUT2D eigenvalue weighted by Crippen LogP contribution is 2.22. The number of ether oxygens (including phenoxy) is 2. The number of alkyl halides is 2. The molecule has 0 bridgehead atoms. The van der Waals surface area contributed by atoms with Crippen LogP contribution >= 0.6 is 0 Å². The van der Waals surface area contributed by atoms with Crippen LogP contribution in [0.5, 0.6) is 5.75 Å². The molecule has 7 heteroatoms. The molecule has 0 saturated heterocycles. The Morgan fingerprint density at radius 1 is 1.09 bits per heavy atom. The zero-order valence-electron chi connectivity index (χ0n) is 12.1. The number of rotatable bonds is 5. The third kappa shape index (κ3) is 4.26. The summed E-state index contributed by atoms with van der Waals surface area (Å²) >= 11 is 0. The third-order valence-electron chi connectivity index (χ3n) is 2.89. The number of para-hydroxylation sites is 1. The maximum Gasteiger partial charge on any atom is 0.387 e. The van der Waals surface area contributed by atoms with Gasteiger partial charge in [0.1, 0.15) is 5.75 Å². The van der Waals surface area contributed by atoms with Crippen LogP contribution in [-0.4, -0.2) is 25.6 Å². The Bertz CT molecular complexity index is 719. The van der Waals surface area contributed by atoms with Gasteiger partial charge in [-0.05, 0) is 30.3 Å². The van der Waals surface area contributed by atoms with E-state index in [1.54, 1.807) is 12.1 Å². The molecule has 0 spiro atoms. The Labute approximate surface area is 130 Å². The predicted molar refractivity (Wildman–Crippen MR) is 78.8 cm³/mol. The Morgan fingerprint density at radius 2 is 1.83 bits per heavy atom. The number of methoxy groups -OCH3 is 1. The maximum absolute atomic E-state index is 12.4. The van der Waals surface area contributed by atoms with Crippen molar-refractivity contribution in [3.8, 4) is 5.75 Å². The summed E-state index contributed by atoms with van der Waals surface area (Å²) in [4.78, 5) is 23.7. The van der Waals surface area contributed by atoms with Gasteiger partial charge in [0.25, 0.3) is 5.91 Å². The molecule has 0 atom stereocenters. The van der Waals surface area contributed by atoms with Crippen LogP contribution in [0.1, 0.15) is 20.7 Å². The van der Waals surface area contributed by atoms with Crippen LogP contribution in [0, 0.1) is 0 Å². The molecule has 0 aliphatic heterocycles. The molecule has 0 saturated carbocycles. The summed E-state index contributed by atoms with van der Waals surface area (Å²) in [6.45, 7) is -3.04. The standard InChI is InChI=1S/C16H13F2NO4/c1-22-15(21)10-5-4-6-11(9-10)19-14(20)12-7-2-3-8-13(12)23-16(17)18/h2-9,16H,1H3,(H,19,20). The van der Waals surface area contributed by atoms with Crippen molar-refractivity contribution in [1.82, 2.24) is 0 Å². The van der Waals surface area contributed by atoms with Crippen LogP contribution in [-0.2, 0) is 4.74 Å². The summed E-state index contributed by atoms with van der Waals surface area (Å²) in [5.74, 6) is -1.42. The highest BCUT2D eigenvalue weighted by molar-refractivity contribution is 6.06. The van der Waals surface area contributed by atoms with Crippen molar-refractivity contribution in [2.45, 2.75) is 6.61 Å². The number of amides is 1. The maximum atomic E-state index is 12.4. The largest absolute Gasteiger partial charge is 0.465 e. The van der Waals surface area contributed by atoms with Crippen LogP contribution in [0.25, 0.3) is 0 Å². The fourth-order valence-electron chi connectivity index (χ4n) is 1.89. The molecule has 120 valence electrons. The molecular formula is C16H13F2NO4. The van der Waals surface area contributed by atoms with Crippen LogP contribution in [0.3, 0.4) is 0 Å². The van der Waals surface area contributed by atoms with Crippen LogP contribution in [0.4, 0.5) is 14.5 Å². The summed E-state index contributed by atoms with van der Waals surface area (Å²) in [5, 5.41) is 2.52. The lowest BCUT2D eigenvalue weighted by atomic mass is 10.1. The van der Waals surface area contributed by atoms with E-state index in [-0.39, 0.29) is 16.9 Å². The first kappa shape index (κ1) is 16.4. The lowest BCUT2D eigenvalue weighted by molar-refractivity contribution is -0.0501. The Balaban J connectivity index is 2.21. The van der Waals surface area contributed by atoms with E-state index in [2.05, 4.69) is 14.8 Å². The first-order valence-corrected chi connectivity index (χ1v) is 6.55. The zero-order chi connectivity index (χ0) is 16.8. The Morgan fingerprint density at radius 3 is 2.52 bits per heavy atom. The molecule has 0 unspecified atom stereocenters. The number of hydrogen-bond donors (Lipinski definition) is 1. The lowest BCUT2D eigenvalue weighted by Gasteiger charge is -2.11. The summed E-state index contributed by atoms with van der Waals surface area (Å²) in [6.07, 6.45) is 0. The van der Waals surface area contributed by atoms with Gasteiger partial charge >= 0.3 is 12.6 Å². The number of carbonyl (C=O) groups is 2. The molecule has 0 aliphatic rings. The summed E-state index contributed by atoms with van der Waals surface area (Å²) in [7, 11) is 1.24. The molecule has 2 aromatic rings. The molecule has 5 nitrogen and oxygen atoms in total. The van der Waals surface area contributed by atoms with Crippen molar-refractivity contribution in [1.29, 1.82) is 0 Å². The topological polar surface area (TPSA) is 64.6 Å². The lowest BCUT2D eigenvalue weighted by Crippen LogP contribution is -2.15. The number of anilines is 1. The molecule has 1 N–H and O–H groups in total. The van der Waals surface area contributed by atoms with Crippen molar-refractivity contribution >= 4 is 17.6 Å². The summed E-state index contributed by atoms with van der Waals surface area (Å²) in [6, 6.07) is 11.7. The summed E-state index contributed by atoms with van der Waals surface area (Å²) in [5.41, 5.74) is 0.531. The van der Waals surface area contributed by atoms with E-state index < -0.39 is 18.5 Å². The molecule has 1 amide bonds. The molecule has 0 radical (unpaired) electrons. The van der Waals surface area contributed by atoms with Crippen molar-refractivity contribution < 1.29 is 27.8 Å². The Kier molecular flexibility index (Phi) is 5.24. The van der Waals surface area contributed by atoms with E-state index in [0.29, 0.717) is 5.69 Å². The van der Waals surface area contributed by atoms with Gasteiger partial charge in [0.15, 0.2) is 0 Å². The molecule has 0 aromatic heterocycles. The number of halogens is 2. The average Bonchev–Trinajstić information content (AvgIpc) is 2.54. The normalized spacial score (nSPS) is 10.3. The molecular weight excluding hydrogens is 308 g/mol. The number of carbonyl (C=O) groups excluding carboxylic acids is 2. The third-order valence-corrected chi connectivity index (χ3v) is 2.89. The first-order valence-electron chi connectivity index (χ1n) is 6.55. The highest BCUT2D eigenvalue weighted by Gasteiger charge is 2.16. The van der Waals surface area contributed by atoms with Gasteiger partial charge in [0.2, 0.25) is 0 Å². The Hall–Kier alpha value is -2.96. The van der Waals surface area contributed by atoms with Gasteiger partial charge in [0, 0.05) is 5.69 Å². The fraction of sp³-hybridized carbons (Fsp3) is 0.125. The van der Waals surface area contributed by atoms with Crippen LogP contribution in [0.15, 0.2) is 48.5 Å². The molecule has 2 aromatic carbocycles. The van der Waals surface area contributed by atoms with Gasteiger partial charge in [0.05, 0.1) is 18.2 Å². The average molecular weight is 321 g/mol. The number of nitrogens with one attached hydrogen (secondary N) is 1. The molecule has 0 aliphatic carbocycles. The quantitative estimate of drug-likeness (QED) is 0.858. The van der Waals surface area contributed by atoms with Crippen molar-refractivity contribution in [2.24, 2.45) is 0 Å². The smallest absolute Gasteiger partial charge is 0.387 e. The van der Waals surface area contributed by atoms with E-state index in [0.717, 1.165) is 0 Å². The second-order valence-corrected chi connectivity index (χ2v) is 4.40. The number of esters is 1. The van der Waals surface area contributed by atoms with Gasteiger partial charge in [-0.3, -0.25) is 4.79 Å². The molecule has 0 fully saturated rings. The fourth-order valence-corrected chi connectivity index (χ4v) is 1.89. The van der Waals surface area contributed by atoms with Gasteiger partial charge < -0.3 is 14.8 Å². The molecule has 23 heavy (non-hydrogen) atoms. The monoisotopic (exact) mass is 321 g/mol. The van der Waals surface area contributed by atoms with Crippen LogP contribution < -0.4 is 10.1 Å². The van der Waals surface area contributed by atoms with E-state index >= 15 is 0 Å². The van der Waals surface area contributed by atoms with Gasteiger partial charge in [-0.1, -0.05) is 18.2 Å². The minimum atomic E-state index is -3.04. The number of hydrogen-bond acceptors (Lipinski definition) is 4. The van der Waals surface area contributed by atoms with Crippen LogP contribution in [0.2, 0.25) is 0 Å². The van der Waals surface area contributed by atoms with E-state index in [1.165, 1.54) is 43.5 Å². The van der Waals surface area contributed by atoms with Crippen molar-refractivity contribution in [3.05, 3.63) is 59.7 Å². The summed E-state index contributed by atoms with van der Waals surface area (Å²) < 4.78 is 33.6. The van der Waals surface area contributed by atoms with Crippen molar-refractivity contribution in [2.75, 3.05) is 12.4 Å². The van der Waals surface area contributed by atoms with E-state index in [4.69, 9.17) is 0 Å². The SMILES string of the molecule is COC(=O)c1cccc(NC(=O)c2ccccc2OC(F)F)c1. The highest BCUT2D eigenvalue weighted by atomic mass is 19.3. The van der Waals surface area contributed by atoms with Crippen molar-refractivity contribution in [3.63, 3.8) is 0 Å². The van der Waals surface area contributed by atoms with E-state index in [1.807, 2.05) is 0 Å². The second kappa shape index (κ2) is 7.35. The predicted octanol–water partition coefficient (Wildman–Crippen LogP) is 3.33. The zero-order valence-corrected chi connectivity index (χ0v) is 12.1. The minimum Gasteiger partial charge on any atom is -0.465 e. The van der Waals surface area contributed by atoms with Gasteiger partial charge in [-0.2, -0.15) is 8.78 Å².